The number of amides is 2. The molecular formula is C20H22N4O3. The standard InChI is InChI=1S/C20H22N4O3/c1-13-11-14(2)24(22-13)12-18-9-10-19(27-18)20(26)21-16-5-7-17(8-6-16)23(4)15(3)25/h5-11H,12H2,1-4H3,(H,21,26). The van der Waals surface area contributed by atoms with Crippen molar-refractivity contribution >= 4 is 23.2 Å². The quantitative estimate of drug-likeness (QED) is 0.751. The van der Waals surface area contributed by atoms with Gasteiger partial charge in [0.1, 0.15) is 5.76 Å². The van der Waals surface area contributed by atoms with Gasteiger partial charge in [-0.05, 0) is 56.3 Å². The fourth-order valence-corrected chi connectivity index (χ4v) is 2.71. The van der Waals surface area contributed by atoms with E-state index in [-0.39, 0.29) is 17.6 Å². The van der Waals surface area contributed by atoms with Crippen molar-refractivity contribution in [3.63, 3.8) is 0 Å². The molecule has 0 aliphatic carbocycles. The van der Waals surface area contributed by atoms with Crippen molar-refractivity contribution in [2.45, 2.75) is 27.3 Å². The molecule has 0 saturated carbocycles. The van der Waals surface area contributed by atoms with Crippen LogP contribution in [0.4, 0.5) is 11.4 Å². The number of hydrogen-bond donors (Lipinski definition) is 1. The third-order valence-corrected chi connectivity index (χ3v) is 4.28. The largest absolute Gasteiger partial charge is 0.454 e. The van der Waals surface area contributed by atoms with Crippen LogP contribution in [-0.2, 0) is 11.3 Å². The number of anilines is 2. The van der Waals surface area contributed by atoms with Gasteiger partial charge in [-0.15, -0.1) is 0 Å². The Kier molecular flexibility index (Phi) is 5.12. The maximum absolute atomic E-state index is 12.4. The van der Waals surface area contributed by atoms with Crippen LogP contribution in [0.5, 0.6) is 0 Å². The first-order valence-corrected chi connectivity index (χ1v) is 8.59. The Morgan fingerprint density at radius 3 is 2.44 bits per heavy atom. The second-order valence-electron chi connectivity index (χ2n) is 6.43. The van der Waals surface area contributed by atoms with Crippen LogP contribution in [0.15, 0.2) is 46.9 Å². The number of aryl methyl sites for hydroxylation is 2. The number of hydrogen-bond acceptors (Lipinski definition) is 4. The van der Waals surface area contributed by atoms with Crippen molar-refractivity contribution in [3.05, 3.63) is 65.4 Å². The fraction of sp³-hybridized carbons (Fsp3) is 0.250. The molecule has 2 aromatic heterocycles. The zero-order valence-corrected chi connectivity index (χ0v) is 15.8. The Morgan fingerprint density at radius 2 is 1.85 bits per heavy atom. The summed E-state index contributed by atoms with van der Waals surface area (Å²) in [5, 5.41) is 7.18. The van der Waals surface area contributed by atoms with Gasteiger partial charge in [-0.1, -0.05) is 0 Å². The topological polar surface area (TPSA) is 80.4 Å². The highest BCUT2D eigenvalue weighted by molar-refractivity contribution is 6.02. The van der Waals surface area contributed by atoms with Crippen LogP contribution < -0.4 is 10.2 Å². The van der Waals surface area contributed by atoms with Crippen molar-refractivity contribution in [2.75, 3.05) is 17.3 Å². The summed E-state index contributed by atoms with van der Waals surface area (Å²) in [7, 11) is 1.70. The van der Waals surface area contributed by atoms with Gasteiger partial charge in [0, 0.05) is 31.0 Å². The van der Waals surface area contributed by atoms with E-state index < -0.39 is 0 Å². The zero-order valence-electron chi connectivity index (χ0n) is 15.8. The predicted octanol–water partition coefficient (Wildman–Crippen LogP) is 3.38. The molecule has 1 N–H and O–H groups in total. The van der Waals surface area contributed by atoms with Crippen LogP contribution in [0.2, 0.25) is 0 Å². The molecule has 0 saturated heterocycles. The van der Waals surface area contributed by atoms with Gasteiger partial charge in [0.05, 0.1) is 12.2 Å². The second-order valence-corrected chi connectivity index (χ2v) is 6.43. The Bertz CT molecular complexity index is 970. The minimum Gasteiger partial charge on any atom is -0.454 e. The molecule has 0 radical (unpaired) electrons. The summed E-state index contributed by atoms with van der Waals surface area (Å²) in [4.78, 5) is 25.3. The molecule has 2 heterocycles. The first-order chi connectivity index (χ1) is 12.8. The Morgan fingerprint density at radius 1 is 1.15 bits per heavy atom. The summed E-state index contributed by atoms with van der Waals surface area (Å²) >= 11 is 0. The summed E-state index contributed by atoms with van der Waals surface area (Å²) < 4.78 is 7.49. The number of rotatable bonds is 5. The Balaban J connectivity index is 1.65. The average molecular weight is 366 g/mol. The van der Waals surface area contributed by atoms with E-state index in [0.29, 0.717) is 18.0 Å². The van der Waals surface area contributed by atoms with E-state index in [1.807, 2.05) is 24.6 Å². The van der Waals surface area contributed by atoms with Crippen LogP contribution in [-0.4, -0.2) is 28.6 Å². The molecule has 0 atom stereocenters. The molecule has 0 aliphatic heterocycles. The second kappa shape index (κ2) is 7.49. The molecule has 3 rings (SSSR count). The van der Waals surface area contributed by atoms with Crippen molar-refractivity contribution < 1.29 is 14.0 Å². The SMILES string of the molecule is CC(=O)N(C)c1ccc(NC(=O)c2ccc(Cn3nc(C)cc3C)o2)cc1. The number of carbonyl (C=O) groups excluding carboxylic acids is 2. The molecule has 7 nitrogen and oxygen atoms in total. The van der Waals surface area contributed by atoms with Crippen molar-refractivity contribution in [3.8, 4) is 0 Å². The van der Waals surface area contributed by atoms with E-state index in [2.05, 4.69) is 10.4 Å². The molecule has 140 valence electrons. The first kappa shape index (κ1) is 18.4. The lowest BCUT2D eigenvalue weighted by molar-refractivity contribution is -0.116. The number of furan rings is 1. The van der Waals surface area contributed by atoms with E-state index in [1.54, 1.807) is 43.4 Å². The molecule has 0 aliphatic rings. The lowest BCUT2D eigenvalue weighted by Crippen LogP contribution is -2.22. The molecule has 3 aromatic rings. The van der Waals surface area contributed by atoms with E-state index in [4.69, 9.17) is 4.42 Å². The predicted molar refractivity (Wildman–Crippen MR) is 103 cm³/mol. The Labute approximate surface area is 157 Å². The van der Waals surface area contributed by atoms with E-state index in [9.17, 15) is 9.59 Å². The lowest BCUT2D eigenvalue weighted by atomic mass is 10.2. The van der Waals surface area contributed by atoms with Gasteiger partial charge in [-0.2, -0.15) is 5.10 Å². The van der Waals surface area contributed by atoms with Gasteiger partial charge in [-0.25, -0.2) is 0 Å². The number of benzene rings is 1. The number of nitrogens with zero attached hydrogens (tertiary/aromatic N) is 3. The summed E-state index contributed by atoms with van der Waals surface area (Å²) in [5.41, 5.74) is 3.35. The van der Waals surface area contributed by atoms with Crippen molar-refractivity contribution in [1.29, 1.82) is 0 Å². The van der Waals surface area contributed by atoms with Gasteiger partial charge in [0.2, 0.25) is 5.91 Å². The first-order valence-electron chi connectivity index (χ1n) is 8.59. The summed E-state index contributed by atoms with van der Waals surface area (Å²) in [5.74, 6) is 0.501. The normalized spacial score (nSPS) is 10.7. The van der Waals surface area contributed by atoms with Gasteiger partial charge in [0.25, 0.3) is 5.91 Å². The van der Waals surface area contributed by atoms with Crippen LogP contribution in [0.25, 0.3) is 0 Å². The molecule has 27 heavy (non-hydrogen) atoms. The molecule has 7 heteroatoms. The van der Waals surface area contributed by atoms with Crippen LogP contribution in [0.3, 0.4) is 0 Å². The number of carbonyl (C=O) groups is 2. The highest BCUT2D eigenvalue weighted by atomic mass is 16.4. The monoisotopic (exact) mass is 366 g/mol. The average Bonchev–Trinajstić information content (AvgIpc) is 3.21. The van der Waals surface area contributed by atoms with E-state index in [0.717, 1.165) is 17.1 Å². The third-order valence-electron chi connectivity index (χ3n) is 4.28. The minimum atomic E-state index is -0.331. The van der Waals surface area contributed by atoms with Crippen LogP contribution in [0.1, 0.15) is 34.6 Å². The smallest absolute Gasteiger partial charge is 0.291 e. The highest BCUT2D eigenvalue weighted by Gasteiger charge is 2.13. The minimum absolute atomic E-state index is 0.0579. The van der Waals surface area contributed by atoms with Gasteiger partial charge < -0.3 is 14.6 Å². The molecule has 0 bridgehead atoms. The van der Waals surface area contributed by atoms with E-state index >= 15 is 0 Å². The van der Waals surface area contributed by atoms with Crippen LogP contribution in [0, 0.1) is 13.8 Å². The molecule has 2 amide bonds. The maximum atomic E-state index is 12.4. The van der Waals surface area contributed by atoms with Crippen molar-refractivity contribution in [1.82, 2.24) is 9.78 Å². The van der Waals surface area contributed by atoms with E-state index in [1.165, 1.54) is 11.8 Å². The third kappa shape index (κ3) is 4.25. The summed E-state index contributed by atoms with van der Waals surface area (Å²) in [6, 6.07) is 12.4. The number of nitrogens with one attached hydrogen (secondary N) is 1. The summed E-state index contributed by atoms with van der Waals surface area (Å²) in [6.45, 7) is 5.88. The van der Waals surface area contributed by atoms with Crippen molar-refractivity contribution in [2.24, 2.45) is 0 Å². The fourth-order valence-electron chi connectivity index (χ4n) is 2.71. The summed E-state index contributed by atoms with van der Waals surface area (Å²) in [6.07, 6.45) is 0. The number of aromatic nitrogens is 2. The molecule has 0 fully saturated rings. The van der Waals surface area contributed by atoms with Gasteiger partial charge in [0.15, 0.2) is 5.76 Å². The zero-order chi connectivity index (χ0) is 19.6. The Hall–Kier alpha value is -3.35. The highest BCUT2D eigenvalue weighted by Crippen LogP contribution is 2.18. The molecular weight excluding hydrogens is 344 g/mol. The molecule has 1 aromatic carbocycles. The van der Waals surface area contributed by atoms with Crippen LogP contribution >= 0.6 is 0 Å². The lowest BCUT2D eigenvalue weighted by Gasteiger charge is -2.15. The van der Waals surface area contributed by atoms with Gasteiger partial charge >= 0.3 is 0 Å². The maximum Gasteiger partial charge on any atom is 0.291 e. The van der Waals surface area contributed by atoms with Gasteiger partial charge in [-0.3, -0.25) is 14.3 Å². The molecule has 0 spiro atoms. The molecule has 0 unspecified atom stereocenters.